The monoisotopic (exact) mass is 258 g/mol. The summed E-state index contributed by atoms with van der Waals surface area (Å²) in [5.74, 6) is -0.295. The lowest BCUT2D eigenvalue weighted by Gasteiger charge is -2.25. The fraction of sp³-hybridized carbons (Fsp3) is 0.294. The van der Waals surface area contributed by atoms with Gasteiger partial charge in [-0.1, -0.05) is 30.7 Å². The molecule has 0 atom stereocenters. The Morgan fingerprint density at radius 2 is 1.47 bits per heavy atom. The van der Waals surface area contributed by atoms with Gasteiger partial charge in [0, 0.05) is 5.56 Å². The van der Waals surface area contributed by atoms with Crippen molar-refractivity contribution < 1.29 is 8.78 Å². The fourth-order valence-corrected chi connectivity index (χ4v) is 2.50. The first-order valence-corrected chi connectivity index (χ1v) is 6.71. The maximum absolute atomic E-state index is 13.6. The maximum atomic E-state index is 13.6. The third kappa shape index (κ3) is 2.27. The van der Waals surface area contributed by atoms with E-state index in [4.69, 9.17) is 0 Å². The number of hydrogen-bond acceptors (Lipinski definition) is 0. The van der Waals surface area contributed by atoms with E-state index in [0.29, 0.717) is 11.5 Å². The number of halogens is 2. The smallest absolute Gasteiger partial charge is 0.129 e. The van der Waals surface area contributed by atoms with Gasteiger partial charge in [-0.3, -0.25) is 0 Å². The largest absolute Gasteiger partial charge is 0.207 e. The van der Waals surface area contributed by atoms with E-state index in [1.165, 1.54) is 43.9 Å². The van der Waals surface area contributed by atoms with E-state index in [-0.39, 0.29) is 5.56 Å². The van der Waals surface area contributed by atoms with Crippen molar-refractivity contribution in [2.24, 2.45) is 0 Å². The van der Waals surface area contributed by atoms with Crippen LogP contribution in [0.25, 0.3) is 11.1 Å². The molecule has 19 heavy (non-hydrogen) atoms. The highest BCUT2D eigenvalue weighted by molar-refractivity contribution is 5.64. The molecule has 0 unspecified atom stereocenters. The molecule has 0 heterocycles. The average molecular weight is 258 g/mol. The molecule has 2 aromatic rings. The lowest BCUT2D eigenvalue weighted by Crippen LogP contribution is -2.08. The van der Waals surface area contributed by atoms with Gasteiger partial charge >= 0.3 is 0 Å². The Kier molecular flexibility index (Phi) is 3.09. The summed E-state index contributed by atoms with van der Waals surface area (Å²) in [6.45, 7) is 1.45. The molecule has 0 amide bonds. The molecule has 0 aliphatic heterocycles. The second-order valence-corrected chi connectivity index (χ2v) is 5.31. The molecule has 0 radical (unpaired) electrons. The summed E-state index contributed by atoms with van der Waals surface area (Å²) in [5, 5.41) is 0. The highest BCUT2D eigenvalue weighted by atomic mass is 19.1. The zero-order valence-electron chi connectivity index (χ0n) is 10.9. The van der Waals surface area contributed by atoms with Crippen LogP contribution in [0.4, 0.5) is 8.78 Å². The first-order valence-electron chi connectivity index (χ1n) is 6.71. The average Bonchev–Trinajstić information content (AvgIpc) is 2.34. The van der Waals surface area contributed by atoms with E-state index in [1.54, 1.807) is 0 Å². The lowest BCUT2D eigenvalue weighted by atomic mass is 9.80. The second kappa shape index (κ2) is 4.76. The van der Waals surface area contributed by atoms with Crippen LogP contribution in [0.5, 0.6) is 0 Å². The van der Waals surface area contributed by atoms with Gasteiger partial charge in [0.15, 0.2) is 0 Å². The van der Waals surface area contributed by atoms with Gasteiger partial charge in [0.05, 0.1) is 0 Å². The molecule has 0 bridgehead atoms. The van der Waals surface area contributed by atoms with Crippen molar-refractivity contribution in [2.75, 3.05) is 0 Å². The van der Waals surface area contributed by atoms with Crippen LogP contribution in [0.1, 0.15) is 36.3 Å². The normalized spacial score (nSPS) is 15.3. The standard InChI is InChI=1S/C17H16F2/c1-11-16(18)9-15(10-17(11)19)14-7-5-13(6-8-14)12-3-2-4-12/h5-10,12H,2-4H2,1H3. The number of benzene rings is 2. The Morgan fingerprint density at radius 1 is 0.895 bits per heavy atom. The molecule has 2 aromatic carbocycles. The highest BCUT2D eigenvalue weighted by Gasteiger charge is 2.19. The Morgan fingerprint density at radius 3 is 1.95 bits per heavy atom. The van der Waals surface area contributed by atoms with Crippen LogP contribution in [0.15, 0.2) is 36.4 Å². The predicted molar refractivity (Wildman–Crippen MR) is 73.1 cm³/mol. The molecule has 2 heteroatoms. The van der Waals surface area contributed by atoms with Gasteiger partial charge in [0.25, 0.3) is 0 Å². The molecular formula is C17H16F2. The predicted octanol–water partition coefficient (Wildman–Crippen LogP) is 5.21. The highest BCUT2D eigenvalue weighted by Crippen LogP contribution is 2.37. The van der Waals surface area contributed by atoms with Gasteiger partial charge < -0.3 is 0 Å². The van der Waals surface area contributed by atoms with Crippen LogP contribution in [0.2, 0.25) is 0 Å². The maximum Gasteiger partial charge on any atom is 0.129 e. The number of hydrogen-bond donors (Lipinski definition) is 0. The van der Waals surface area contributed by atoms with Crippen LogP contribution < -0.4 is 0 Å². The molecule has 98 valence electrons. The quantitative estimate of drug-likeness (QED) is 0.693. The van der Waals surface area contributed by atoms with Crippen LogP contribution in [0.3, 0.4) is 0 Å². The zero-order chi connectivity index (χ0) is 13.4. The van der Waals surface area contributed by atoms with Gasteiger partial charge in [0.2, 0.25) is 0 Å². The molecule has 0 nitrogen and oxygen atoms in total. The molecule has 1 saturated carbocycles. The first-order chi connectivity index (χ1) is 9.15. The summed E-state index contributed by atoms with van der Waals surface area (Å²) >= 11 is 0. The molecule has 3 rings (SSSR count). The summed E-state index contributed by atoms with van der Waals surface area (Å²) in [4.78, 5) is 0. The van der Waals surface area contributed by atoms with Crippen LogP contribution >= 0.6 is 0 Å². The summed E-state index contributed by atoms with van der Waals surface area (Å²) in [7, 11) is 0. The summed E-state index contributed by atoms with van der Waals surface area (Å²) in [6, 6.07) is 10.9. The van der Waals surface area contributed by atoms with Gasteiger partial charge in [-0.15, -0.1) is 0 Å². The summed E-state index contributed by atoms with van der Waals surface area (Å²) in [6.07, 6.45) is 3.82. The molecule has 1 aliphatic carbocycles. The van der Waals surface area contributed by atoms with Gasteiger partial charge in [-0.25, -0.2) is 8.78 Å². The third-order valence-corrected chi connectivity index (χ3v) is 4.10. The zero-order valence-corrected chi connectivity index (χ0v) is 10.9. The Hall–Kier alpha value is -1.70. The van der Waals surface area contributed by atoms with E-state index in [2.05, 4.69) is 12.1 Å². The third-order valence-electron chi connectivity index (χ3n) is 4.10. The minimum Gasteiger partial charge on any atom is -0.207 e. The van der Waals surface area contributed by atoms with Crippen LogP contribution in [-0.2, 0) is 0 Å². The van der Waals surface area contributed by atoms with Gasteiger partial charge in [0.1, 0.15) is 11.6 Å². The van der Waals surface area contributed by atoms with Crippen molar-refractivity contribution in [3.05, 3.63) is 59.2 Å². The fourth-order valence-electron chi connectivity index (χ4n) is 2.50. The van der Waals surface area contributed by atoms with E-state index < -0.39 is 11.6 Å². The van der Waals surface area contributed by atoms with Crippen LogP contribution in [-0.4, -0.2) is 0 Å². The second-order valence-electron chi connectivity index (χ2n) is 5.31. The van der Waals surface area contributed by atoms with E-state index >= 15 is 0 Å². The first kappa shape index (κ1) is 12.3. The van der Waals surface area contributed by atoms with Crippen molar-refractivity contribution in [3.8, 4) is 11.1 Å². The SMILES string of the molecule is Cc1c(F)cc(-c2ccc(C3CCC3)cc2)cc1F. The summed E-state index contributed by atoms with van der Waals surface area (Å²) < 4.78 is 27.1. The van der Waals surface area contributed by atoms with Crippen molar-refractivity contribution in [1.29, 1.82) is 0 Å². The van der Waals surface area contributed by atoms with E-state index in [1.807, 2.05) is 12.1 Å². The number of rotatable bonds is 2. The Labute approximate surface area is 112 Å². The molecule has 0 saturated heterocycles. The summed E-state index contributed by atoms with van der Waals surface area (Å²) in [5.41, 5.74) is 2.87. The van der Waals surface area contributed by atoms with E-state index in [0.717, 1.165) is 5.56 Å². The molecule has 0 aromatic heterocycles. The van der Waals surface area contributed by atoms with Gasteiger partial charge in [-0.2, -0.15) is 0 Å². The molecule has 0 N–H and O–H groups in total. The Balaban J connectivity index is 1.93. The van der Waals surface area contributed by atoms with Crippen molar-refractivity contribution in [1.82, 2.24) is 0 Å². The van der Waals surface area contributed by atoms with Crippen molar-refractivity contribution >= 4 is 0 Å². The lowest BCUT2D eigenvalue weighted by molar-refractivity contribution is 0.420. The van der Waals surface area contributed by atoms with Crippen molar-refractivity contribution in [2.45, 2.75) is 32.1 Å². The van der Waals surface area contributed by atoms with Gasteiger partial charge in [-0.05, 0) is 54.5 Å². The van der Waals surface area contributed by atoms with Crippen LogP contribution in [0, 0.1) is 18.6 Å². The molecule has 1 aliphatic rings. The van der Waals surface area contributed by atoms with E-state index in [9.17, 15) is 8.78 Å². The minimum atomic E-state index is -0.488. The molecule has 1 fully saturated rings. The molecular weight excluding hydrogens is 242 g/mol. The Bertz CT molecular complexity index is 572. The minimum absolute atomic E-state index is 0.0786. The molecule has 0 spiro atoms. The topological polar surface area (TPSA) is 0 Å². The van der Waals surface area contributed by atoms with Crippen molar-refractivity contribution in [3.63, 3.8) is 0 Å².